The van der Waals surface area contributed by atoms with Gasteiger partial charge < -0.3 is 15.8 Å². The molecule has 1 aliphatic heterocycles. The number of anilines is 2. The van der Waals surface area contributed by atoms with Crippen molar-refractivity contribution in [1.29, 1.82) is 0 Å². The second-order valence-corrected chi connectivity index (χ2v) is 5.23. The van der Waals surface area contributed by atoms with Crippen LogP contribution in [0.4, 0.5) is 11.4 Å². The van der Waals surface area contributed by atoms with Gasteiger partial charge in [-0.25, -0.2) is 0 Å². The smallest absolute Gasteiger partial charge is 0.161 e. The average Bonchev–Trinajstić information content (AvgIpc) is 2.47. The predicted molar refractivity (Wildman–Crippen MR) is 83.8 cm³/mol. The molecule has 3 rings (SSSR count). The number of nitrogens with one attached hydrogen (secondary N) is 1. The van der Waals surface area contributed by atoms with E-state index in [0.29, 0.717) is 17.9 Å². The molecule has 1 aliphatic rings. The molecule has 0 bridgehead atoms. The van der Waals surface area contributed by atoms with E-state index >= 15 is 0 Å². The largest absolute Gasteiger partial charge is 0.493 e. The van der Waals surface area contributed by atoms with Crippen LogP contribution in [-0.4, -0.2) is 12.4 Å². The zero-order chi connectivity index (χ0) is 14.8. The second-order valence-electron chi connectivity index (χ2n) is 5.23. The molecule has 0 saturated heterocycles. The third kappa shape index (κ3) is 2.70. The van der Waals surface area contributed by atoms with Crippen LogP contribution >= 0.6 is 0 Å². The molecule has 0 spiro atoms. The number of carbonyl (C=O) groups excluding carboxylic acids is 1. The summed E-state index contributed by atoms with van der Waals surface area (Å²) in [6, 6.07) is 13.7. The molecule has 1 unspecified atom stereocenters. The van der Waals surface area contributed by atoms with Crippen molar-refractivity contribution in [3.63, 3.8) is 0 Å². The number of nitrogens with two attached hydrogens (primary N) is 1. The van der Waals surface area contributed by atoms with E-state index in [1.807, 2.05) is 30.3 Å². The van der Waals surface area contributed by atoms with Gasteiger partial charge in [-0.15, -0.1) is 0 Å². The third-order valence-electron chi connectivity index (χ3n) is 3.73. The number of Topliss-reactive ketones (excluding diaryl/α,β-unsaturated/α-hetero) is 1. The maximum Gasteiger partial charge on any atom is 0.161 e. The standard InChI is InChI=1S/C17H18N2O2/c1-11(20)13-7-6-12(10-15(13)18)19-16-8-9-21-17-5-3-2-4-14(16)17/h2-7,10,16,19H,8-9,18H2,1H3. The fourth-order valence-electron chi connectivity index (χ4n) is 2.67. The molecule has 1 atom stereocenters. The molecule has 1 heterocycles. The van der Waals surface area contributed by atoms with Crippen molar-refractivity contribution in [3.05, 3.63) is 53.6 Å². The van der Waals surface area contributed by atoms with Gasteiger partial charge in [0.05, 0.1) is 12.6 Å². The summed E-state index contributed by atoms with van der Waals surface area (Å²) >= 11 is 0. The van der Waals surface area contributed by atoms with Crippen molar-refractivity contribution in [2.24, 2.45) is 0 Å². The van der Waals surface area contributed by atoms with E-state index in [9.17, 15) is 4.79 Å². The highest BCUT2D eigenvalue weighted by Gasteiger charge is 2.21. The molecule has 0 amide bonds. The molecule has 0 aliphatic carbocycles. The summed E-state index contributed by atoms with van der Waals surface area (Å²) in [5.41, 5.74) is 9.07. The summed E-state index contributed by atoms with van der Waals surface area (Å²) < 4.78 is 5.66. The van der Waals surface area contributed by atoms with Crippen LogP contribution < -0.4 is 15.8 Å². The average molecular weight is 282 g/mol. The van der Waals surface area contributed by atoms with Crippen molar-refractivity contribution in [3.8, 4) is 5.75 Å². The number of para-hydroxylation sites is 1. The molecule has 0 saturated carbocycles. The molecule has 0 aromatic heterocycles. The summed E-state index contributed by atoms with van der Waals surface area (Å²) in [6.07, 6.45) is 0.894. The van der Waals surface area contributed by atoms with Crippen molar-refractivity contribution >= 4 is 17.2 Å². The fourth-order valence-corrected chi connectivity index (χ4v) is 2.67. The molecule has 21 heavy (non-hydrogen) atoms. The summed E-state index contributed by atoms with van der Waals surface area (Å²) in [5.74, 6) is 0.907. The van der Waals surface area contributed by atoms with Gasteiger partial charge in [-0.2, -0.15) is 0 Å². The van der Waals surface area contributed by atoms with Crippen LogP contribution in [0.15, 0.2) is 42.5 Å². The van der Waals surface area contributed by atoms with Crippen LogP contribution in [0, 0.1) is 0 Å². The van der Waals surface area contributed by atoms with E-state index in [4.69, 9.17) is 10.5 Å². The topological polar surface area (TPSA) is 64.3 Å². The van der Waals surface area contributed by atoms with Gasteiger partial charge >= 0.3 is 0 Å². The van der Waals surface area contributed by atoms with E-state index in [-0.39, 0.29) is 11.8 Å². The molecule has 2 aromatic rings. The molecular weight excluding hydrogens is 264 g/mol. The Morgan fingerprint density at radius 2 is 2.10 bits per heavy atom. The molecule has 4 heteroatoms. The number of fused-ring (bicyclic) bond motifs is 1. The van der Waals surface area contributed by atoms with Gasteiger partial charge in [0, 0.05) is 28.9 Å². The van der Waals surface area contributed by atoms with Crippen LogP contribution in [0.25, 0.3) is 0 Å². The predicted octanol–water partition coefficient (Wildman–Crippen LogP) is 3.41. The van der Waals surface area contributed by atoms with Crippen LogP contribution in [0.2, 0.25) is 0 Å². The molecule has 0 radical (unpaired) electrons. The molecule has 3 N–H and O–H groups in total. The first-order chi connectivity index (χ1) is 10.1. The lowest BCUT2D eigenvalue weighted by atomic mass is 10.00. The van der Waals surface area contributed by atoms with Gasteiger partial charge in [0.15, 0.2) is 5.78 Å². The van der Waals surface area contributed by atoms with E-state index in [2.05, 4.69) is 11.4 Å². The zero-order valence-corrected chi connectivity index (χ0v) is 11.9. The molecule has 2 aromatic carbocycles. The normalized spacial score (nSPS) is 16.7. The Morgan fingerprint density at radius 1 is 1.29 bits per heavy atom. The fraction of sp³-hybridized carbons (Fsp3) is 0.235. The van der Waals surface area contributed by atoms with Gasteiger partial charge in [-0.1, -0.05) is 18.2 Å². The minimum absolute atomic E-state index is 0.0181. The number of ether oxygens (including phenoxy) is 1. The van der Waals surface area contributed by atoms with Crippen LogP contribution in [-0.2, 0) is 0 Å². The Kier molecular flexibility index (Phi) is 3.52. The quantitative estimate of drug-likeness (QED) is 0.669. The summed E-state index contributed by atoms with van der Waals surface area (Å²) in [7, 11) is 0. The Bertz CT molecular complexity index is 682. The van der Waals surface area contributed by atoms with Crippen molar-refractivity contribution in [2.75, 3.05) is 17.7 Å². The lowest BCUT2D eigenvalue weighted by molar-refractivity contribution is 0.101. The van der Waals surface area contributed by atoms with E-state index in [1.165, 1.54) is 6.92 Å². The number of rotatable bonds is 3. The van der Waals surface area contributed by atoms with Crippen LogP contribution in [0.3, 0.4) is 0 Å². The molecular formula is C17H18N2O2. The Hall–Kier alpha value is -2.49. The minimum Gasteiger partial charge on any atom is -0.493 e. The van der Waals surface area contributed by atoms with Gasteiger partial charge in [-0.05, 0) is 31.2 Å². The number of benzene rings is 2. The lowest BCUT2D eigenvalue weighted by Gasteiger charge is -2.27. The first-order valence-electron chi connectivity index (χ1n) is 7.04. The van der Waals surface area contributed by atoms with Gasteiger partial charge in [-0.3, -0.25) is 4.79 Å². The Morgan fingerprint density at radius 3 is 2.86 bits per heavy atom. The third-order valence-corrected chi connectivity index (χ3v) is 3.73. The zero-order valence-electron chi connectivity index (χ0n) is 11.9. The van der Waals surface area contributed by atoms with Crippen molar-refractivity contribution in [2.45, 2.75) is 19.4 Å². The highest BCUT2D eigenvalue weighted by molar-refractivity contribution is 5.99. The highest BCUT2D eigenvalue weighted by atomic mass is 16.5. The van der Waals surface area contributed by atoms with Crippen LogP contribution in [0.1, 0.15) is 35.3 Å². The summed E-state index contributed by atoms with van der Waals surface area (Å²) in [5, 5.41) is 3.47. The molecule has 0 fully saturated rings. The van der Waals surface area contributed by atoms with E-state index < -0.39 is 0 Å². The minimum atomic E-state index is -0.0181. The maximum atomic E-state index is 11.4. The molecule has 4 nitrogen and oxygen atoms in total. The monoisotopic (exact) mass is 282 g/mol. The Balaban J connectivity index is 1.85. The lowest BCUT2D eigenvalue weighted by Crippen LogP contribution is -2.20. The number of hydrogen-bond acceptors (Lipinski definition) is 4. The van der Waals surface area contributed by atoms with Crippen molar-refractivity contribution < 1.29 is 9.53 Å². The summed E-state index contributed by atoms with van der Waals surface area (Å²) in [6.45, 7) is 2.21. The number of carbonyl (C=O) groups is 1. The van der Waals surface area contributed by atoms with Gasteiger partial charge in [0.1, 0.15) is 5.75 Å². The highest BCUT2D eigenvalue weighted by Crippen LogP contribution is 2.34. The SMILES string of the molecule is CC(=O)c1ccc(NC2CCOc3ccccc32)cc1N. The Labute approximate surface area is 123 Å². The number of ketones is 1. The second kappa shape index (κ2) is 5.48. The first-order valence-corrected chi connectivity index (χ1v) is 7.04. The maximum absolute atomic E-state index is 11.4. The number of hydrogen-bond donors (Lipinski definition) is 2. The van der Waals surface area contributed by atoms with Crippen LogP contribution in [0.5, 0.6) is 5.75 Å². The van der Waals surface area contributed by atoms with E-state index in [1.54, 1.807) is 6.07 Å². The first kappa shape index (κ1) is 13.5. The van der Waals surface area contributed by atoms with Gasteiger partial charge in [0.25, 0.3) is 0 Å². The van der Waals surface area contributed by atoms with E-state index in [0.717, 1.165) is 23.4 Å². The summed E-state index contributed by atoms with van der Waals surface area (Å²) in [4.78, 5) is 11.4. The van der Waals surface area contributed by atoms with Gasteiger partial charge in [0.2, 0.25) is 0 Å². The number of nitrogen functional groups attached to an aromatic ring is 1. The molecule has 108 valence electrons. The van der Waals surface area contributed by atoms with Crippen molar-refractivity contribution in [1.82, 2.24) is 0 Å².